The fourth-order valence-electron chi connectivity index (χ4n) is 4.92. The van der Waals surface area contributed by atoms with Crippen LogP contribution in [0.25, 0.3) is 0 Å². The summed E-state index contributed by atoms with van der Waals surface area (Å²) in [6.07, 6.45) is 0.262. The molecule has 0 radical (unpaired) electrons. The van der Waals surface area contributed by atoms with E-state index in [0.29, 0.717) is 54.6 Å². The third kappa shape index (κ3) is 7.74. The van der Waals surface area contributed by atoms with Crippen LogP contribution in [-0.4, -0.2) is 98.2 Å². The molecule has 1 unspecified atom stereocenters. The van der Waals surface area contributed by atoms with Gasteiger partial charge in [-0.05, 0) is 45.0 Å². The number of methoxy groups -OCH3 is 2. The predicted octanol–water partition coefficient (Wildman–Crippen LogP) is 3.66. The van der Waals surface area contributed by atoms with Gasteiger partial charge in [0.05, 0.1) is 39.2 Å². The second-order valence-corrected chi connectivity index (χ2v) is 11.1. The minimum Gasteiger partial charge on any atom is -0.497 e. The number of carbonyl (C=O) groups is 2. The summed E-state index contributed by atoms with van der Waals surface area (Å²) in [6.45, 7) is 9.23. The van der Waals surface area contributed by atoms with Crippen molar-refractivity contribution in [1.82, 2.24) is 20.1 Å². The number of benzene rings is 2. The smallest absolute Gasteiger partial charge is 0.318 e. The Morgan fingerprint density at radius 1 is 1.12 bits per heavy atom. The molecule has 3 amide bonds. The van der Waals surface area contributed by atoms with E-state index in [9.17, 15) is 14.0 Å². The van der Waals surface area contributed by atoms with Crippen LogP contribution in [0.15, 0.2) is 47.6 Å². The van der Waals surface area contributed by atoms with Gasteiger partial charge < -0.3 is 24.4 Å². The summed E-state index contributed by atoms with van der Waals surface area (Å²) >= 11 is 0. The van der Waals surface area contributed by atoms with Gasteiger partial charge in [-0.3, -0.25) is 9.69 Å². The summed E-state index contributed by atoms with van der Waals surface area (Å²) in [4.78, 5) is 31.0. The molecule has 1 N–H and O–H groups in total. The number of nitrogens with one attached hydrogen (secondary N) is 1. The van der Waals surface area contributed by atoms with Crippen molar-refractivity contribution in [3.05, 3.63) is 59.4 Å². The molecular weight excluding hydrogens is 529 g/mol. The number of rotatable bonds is 9. The Morgan fingerprint density at radius 3 is 2.51 bits per heavy atom. The Hall–Kier alpha value is -3.70. The Labute approximate surface area is 241 Å². The van der Waals surface area contributed by atoms with Gasteiger partial charge in [-0.25, -0.2) is 14.2 Å². The van der Waals surface area contributed by atoms with E-state index >= 15 is 0 Å². The molecule has 1 atom stereocenters. The molecule has 0 saturated carbocycles. The fourth-order valence-corrected chi connectivity index (χ4v) is 4.92. The second-order valence-electron chi connectivity index (χ2n) is 11.1. The number of hydrogen-bond acceptors (Lipinski definition) is 7. The Kier molecular flexibility index (Phi) is 9.82. The molecule has 2 aromatic rings. The molecule has 1 saturated heterocycles. The van der Waals surface area contributed by atoms with E-state index in [0.717, 1.165) is 13.1 Å². The summed E-state index contributed by atoms with van der Waals surface area (Å²) in [7, 11) is 3.11. The third-order valence-corrected chi connectivity index (χ3v) is 7.03. The zero-order chi connectivity index (χ0) is 29.6. The number of hydrazone groups is 1. The maximum atomic E-state index is 14.8. The first-order valence-electron chi connectivity index (χ1n) is 13.8. The van der Waals surface area contributed by atoms with E-state index in [4.69, 9.17) is 14.2 Å². The minimum atomic E-state index is -0.589. The number of carbonyl (C=O) groups excluding carboxylic acids is 2. The molecule has 41 heavy (non-hydrogen) atoms. The monoisotopic (exact) mass is 569 g/mol. The number of urea groups is 1. The van der Waals surface area contributed by atoms with E-state index in [-0.39, 0.29) is 19.0 Å². The summed E-state index contributed by atoms with van der Waals surface area (Å²) in [5, 5.41) is 8.95. The lowest BCUT2D eigenvalue weighted by molar-refractivity contribution is -0.133. The van der Waals surface area contributed by atoms with Crippen molar-refractivity contribution < 1.29 is 28.2 Å². The van der Waals surface area contributed by atoms with Crippen LogP contribution in [0.1, 0.15) is 44.4 Å². The van der Waals surface area contributed by atoms with E-state index in [2.05, 4.69) is 15.3 Å². The van der Waals surface area contributed by atoms with E-state index in [1.54, 1.807) is 50.6 Å². The number of amides is 3. The van der Waals surface area contributed by atoms with Gasteiger partial charge in [-0.2, -0.15) is 5.10 Å². The summed E-state index contributed by atoms with van der Waals surface area (Å²) in [5.74, 6) is 0.323. The van der Waals surface area contributed by atoms with Crippen molar-refractivity contribution in [2.24, 2.45) is 5.10 Å². The van der Waals surface area contributed by atoms with Crippen LogP contribution >= 0.6 is 0 Å². The first-order valence-corrected chi connectivity index (χ1v) is 13.8. The molecule has 2 heterocycles. The highest BCUT2D eigenvalue weighted by Crippen LogP contribution is 2.39. The number of ether oxygens (including phenoxy) is 3. The van der Waals surface area contributed by atoms with Crippen LogP contribution in [0.2, 0.25) is 0 Å². The van der Waals surface area contributed by atoms with Crippen LogP contribution in [0.3, 0.4) is 0 Å². The van der Waals surface area contributed by atoms with E-state index < -0.39 is 23.3 Å². The molecule has 0 bridgehead atoms. The molecule has 2 aliphatic heterocycles. The molecule has 11 heteroatoms. The lowest BCUT2D eigenvalue weighted by atomic mass is 9.97. The minimum absolute atomic E-state index is 0.205. The van der Waals surface area contributed by atoms with Crippen molar-refractivity contribution in [3.8, 4) is 11.5 Å². The fraction of sp³-hybridized carbons (Fsp3) is 0.500. The number of morpholine rings is 1. The van der Waals surface area contributed by atoms with Crippen molar-refractivity contribution in [1.29, 1.82) is 0 Å². The van der Waals surface area contributed by atoms with Gasteiger partial charge in [-0.15, -0.1) is 0 Å². The molecule has 1 fully saturated rings. The Balaban J connectivity index is 1.65. The molecule has 10 nitrogen and oxygen atoms in total. The largest absolute Gasteiger partial charge is 0.497 e. The third-order valence-electron chi connectivity index (χ3n) is 7.03. The molecule has 222 valence electrons. The van der Waals surface area contributed by atoms with Gasteiger partial charge in [0, 0.05) is 49.3 Å². The molecule has 0 aromatic heterocycles. The molecule has 4 rings (SSSR count). The van der Waals surface area contributed by atoms with E-state index in [1.165, 1.54) is 16.0 Å². The van der Waals surface area contributed by atoms with Gasteiger partial charge in [0.1, 0.15) is 23.9 Å². The maximum absolute atomic E-state index is 14.8. The Morgan fingerprint density at radius 2 is 1.85 bits per heavy atom. The average Bonchev–Trinajstić information content (AvgIpc) is 3.40. The molecule has 2 aliphatic rings. The van der Waals surface area contributed by atoms with Gasteiger partial charge in [0.2, 0.25) is 0 Å². The maximum Gasteiger partial charge on any atom is 0.318 e. The lowest BCUT2D eigenvalue weighted by Crippen LogP contribution is -2.53. The average molecular weight is 570 g/mol. The standard InChI is InChI=1S/C30H40FN5O5/c1-30(2,3)32-29(38)35(13-12-34-14-16-41-17-15-34)20-28(37)36-26(23-18-21(39-4)10-11-27(23)40-5)19-25(33-36)22-8-6-7-9-24(22)31/h6-11,18,26H,12-17,19-20H2,1-5H3,(H,32,38). The normalized spacial score (nSPS) is 17.7. The zero-order valence-electron chi connectivity index (χ0n) is 24.5. The van der Waals surface area contributed by atoms with Crippen molar-refractivity contribution in [3.63, 3.8) is 0 Å². The van der Waals surface area contributed by atoms with Crippen LogP contribution in [-0.2, 0) is 9.53 Å². The molecule has 0 spiro atoms. The number of hydrogen-bond donors (Lipinski definition) is 1. The van der Waals surface area contributed by atoms with E-state index in [1.807, 2.05) is 20.8 Å². The van der Waals surface area contributed by atoms with Crippen LogP contribution < -0.4 is 14.8 Å². The predicted molar refractivity (Wildman–Crippen MR) is 154 cm³/mol. The number of halogens is 1. The number of nitrogens with zero attached hydrogens (tertiary/aromatic N) is 4. The topological polar surface area (TPSA) is 95.9 Å². The summed E-state index contributed by atoms with van der Waals surface area (Å²) in [5.41, 5.74) is 0.946. The van der Waals surface area contributed by atoms with Crippen LogP contribution in [0.5, 0.6) is 11.5 Å². The summed E-state index contributed by atoms with van der Waals surface area (Å²) < 4.78 is 31.3. The van der Waals surface area contributed by atoms with Crippen LogP contribution in [0, 0.1) is 5.82 Å². The zero-order valence-corrected chi connectivity index (χ0v) is 24.5. The summed E-state index contributed by atoms with van der Waals surface area (Å²) in [6, 6.07) is 10.8. The second kappa shape index (κ2) is 13.3. The highest BCUT2D eigenvalue weighted by atomic mass is 19.1. The molecule has 0 aliphatic carbocycles. The molecular formula is C30H40FN5O5. The van der Waals surface area contributed by atoms with Gasteiger partial charge in [-0.1, -0.05) is 18.2 Å². The highest BCUT2D eigenvalue weighted by molar-refractivity contribution is 6.03. The van der Waals surface area contributed by atoms with Crippen molar-refractivity contribution >= 4 is 17.6 Å². The first kappa shape index (κ1) is 30.3. The SMILES string of the molecule is COc1ccc(OC)c(C2CC(c3ccccc3F)=NN2C(=O)CN(CCN2CCOCC2)C(=O)NC(C)(C)C)c1. The van der Waals surface area contributed by atoms with Crippen LogP contribution in [0.4, 0.5) is 9.18 Å². The van der Waals surface area contributed by atoms with Crippen molar-refractivity contribution in [2.75, 3.05) is 60.2 Å². The highest BCUT2D eigenvalue weighted by Gasteiger charge is 2.37. The van der Waals surface area contributed by atoms with Gasteiger partial charge in [0.15, 0.2) is 0 Å². The quantitative estimate of drug-likeness (QED) is 0.495. The lowest BCUT2D eigenvalue weighted by Gasteiger charge is -2.33. The van der Waals surface area contributed by atoms with Gasteiger partial charge >= 0.3 is 6.03 Å². The Bertz CT molecular complexity index is 1260. The van der Waals surface area contributed by atoms with Crippen molar-refractivity contribution in [2.45, 2.75) is 38.8 Å². The van der Waals surface area contributed by atoms with Gasteiger partial charge in [0.25, 0.3) is 5.91 Å². The molecule has 2 aromatic carbocycles. The first-order chi connectivity index (χ1) is 19.6.